The molecule has 142 valence electrons. The van der Waals surface area contributed by atoms with Crippen molar-refractivity contribution in [2.45, 2.75) is 32.4 Å². The van der Waals surface area contributed by atoms with Crippen molar-refractivity contribution in [3.8, 4) is 0 Å². The molecule has 2 aromatic rings. The molecule has 3 rings (SSSR count). The maximum absolute atomic E-state index is 13.0. The van der Waals surface area contributed by atoms with E-state index in [2.05, 4.69) is 15.2 Å². The van der Waals surface area contributed by atoms with Crippen LogP contribution in [-0.2, 0) is 9.47 Å². The topological polar surface area (TPSA) is 68.1 Å². The van der Waals surface area contributed by atoms with Gasteiger partial charge in [-0.1, -0.05) is 6.07 Å². The largest absolute Gasteiger partial charge is 0.379 e. The Labute approximate surface area is 154 Å². The summed E-state index contributed by atoms with van der Waals surface area (Å²) in [4.78, 5) is 19.5. The van der Waals surface area contributed by atoms with Crippen molar-refractivity contribution in [2.75, 3.05) is 40.5 Å². The maximum atomic E-state index is 13.0. The van der Waals surface area contributed by atoms with E-state index in [0.29, 0.717) is 25.5 Å². The second-order valence-corrected chi connectivity index (χ2v) is 7.14. The number of likely N-dealkylation sites (N-methyl/N-ethyl adjacent to an activating group) is 1. The van der Waals surface area contributed by atoms with Gasteiger partial charge in [-0.25, -0.2) is 4.98 Å². The molecule has 0 aliphatic carbocycles. The molecule has 1 aliphatic heterocycles. The van der Waals surface area contributed by atoms with Gasteiger partial charge in [-0.3, -0.25) is 9.20 Å². The number of carbonyl (C=O) groups excluding carboxylic acids is 1. The SMILES string of the molecule is Cc1ccc2nc(C)c(C(=O)N[C@H]3COCC[C@H]3OCCN(C)C)n2c1. The zero-order chi connectivity index (χ0) is 18.7. The van der Waals surface area contributed by atoms with Crippen molar-refractivity contribution in [2.24, 2.45) is 0 Å². The average Bonchev–Trinajstić information content (AvgIpc) is 2.91. The molecule has 2 atom stereocenters. The Morgan fingerprint density at radius 1 is 1.42 bits per heavy atom. The summed E-state index contributed by atoms with van der Waals surface area (Å²) in [5.41, 5.74) is 3.14. The summed E-state index contributed by atoms with van der Waals surface area (Å²) in [6.07, 6.45) is 2.69. The number of aromatic nitrogens is 2. The molecule has 0 saturated carbocycles. The van der Waals surface area contributed by atoms with Gasteiger partial charge in [0, 0.05) is 19.3 Å². The molecule has 1 amide bonds. The number of hydrogen-bond acceptors (Lipinski definition) is 5. The number of fused-ring (bicyclic) bond motifs is 1. The van der Waals surface area contributed by atoms with Crippen molar-refractivity contribution in [3.63, 3.8) is 0 Å². The first-order valence-electron chi connectivity index (χ1n) is 9.06. The highest BCUT2D eigenvalue weighted by molar-refractivity contribution is 5.95. The lowest BCUT2D eigenvalue weighted by Crippen LogP contribution is -2.51. The van der Waals surface area contributed by atoms with Crippen LogP contribution in [0.4, 0.5) is 0 Å². The third kappa shape index (κ3) is 4.23. The summed E-state index contributed by atoms with van der Waals surface area (Å²) in [7, 11) is 4.03. The monoisotopic (exact) mass is 360 g/mol. The molecule has 3 heterocycles. The van der Waals surface area contributed by atoms with E-state index < -0.39 is 0 Å². The molecule has 1 N–H and O–H groups in total. The van der Waals surface area contributed by atoms with E-state index in [1.54, 1.807) is 0 Å². The lowest BCUT2D eigenvalue weighted by molar-refractivity contribution is -0.0562. The van der Waals surface area contributed by atoms with Crippen LogP contribution in [0, 0.1) is 13.8 Å². The van der Waals surface area contributed by atoms with Crippen LogP contribution < -0.4 is 5.32 Å². The van der Waals surface area contributed by atoms with E-state index in [1.807, 2.05) is 50.7 Å². The predicted molar refractivity (Wildman–Crippen MR) is 99.7 cm³/mol. The number of pyridine rings is 1. The fraction of sp³-hybridized carbons (Fsp3) is 0.579. The van der Waals surface area contributed by atoms with Crippen LogP contribution in [0.15, 0.2) is 18.3 Å². The molecular weight excluding hydrogens is 332 g/mol. The van der Waals surface area contributed by atoms with E-state index in [4.69, 9.17) is 9.47 Å². The standard InChI is InChI=1S/C19H28N4O3/c1-13-5-6-17-20-14(2)18(23(17)11-13)19(24)21-15-12-25-9-7-16(15)26-10-8-22(3)4/h5-6,11,15-16H,7-10,12H2,1-4H3,(H,21,24)/t15-,16+/m0/s1. The molecule has 7 heteroatoms. The Kier molecular flexibility index (Phi) is 5.90. The quantitative estimate of drug-likeness (QED) is 0.844. The fourth-order valence-electron chi connectivity index (χ4n) is 3.22. The van der Waals surface area contributed by atoms with Gasteiger partial charge in [0.25, 0.3) is 5.91 Å². The Morgan fingerprint density at radius 3 is 3.00 bits per heavy atom. The highest BCUT2D eigenvalue weighted by Gasteiger charge is 2.29. The lowest BCUT2D eigenvalue weighted by atomic mass is 10.1. The minimum atomic E-state index is -0.159. The van der Waals surface area contributed by atoms with Crippen LogP contribution in [0.25, 0.3) is 5.65 Å². The molecular formula is C19H28N4O3. The van der Waals surface area contributed by atoms with Crippen molar-refractivity contribution < 1.29 is 14.3 Å². The Morgan fingerprint density at radius 2 is 2.23 bits per heavy atom. The smallest absolute Gasteiger partial charge is 0.270 e. The van der Waals surface area contributed by atoms with Crippen molar-refractivity contribution in [3.05, 3.63) is 35.3 Å². The van der Waals surface area contributed by atoms with E-state index in [0.717, 1.165) is 29.9 Å². The zero-order valence-corrected chi connectivity index (χ0v) is 16.0. The average molecular weight is 360 g/mol. The second kappa shape index (κ2) is 8.16. The Balaban J connectivity index is 1.73. The van der Waals surface area contributed by atoms with Gasteiger partial charge in [0.1, 0.15) is 11.3 Å². The molecule has 0 spiro atoms. The molecule has 0 unspecified atom stereocenters. The number of ether oxygens (including phenoxy) is 2. The maximum Gasteiger partial charge on any atom is 0.270 e. The first kappa shape index (κ1) is 18.8. The Hall–Kier alpha value is -1.96. The number of imidazole rings is 1. The molecule has 1 saturated heterocycles. The number of nitrogens with one attached hydrogen (secondary N) is 1. The van der Waals surface area contributed by atoms with E-state index in [-0.39, 0.29) is 18.1 Å². The van der Waals surface area contributed by atoms with Gasteiger partial charge in [0.05, 0.1) is 31.1 Å². The number of nitrogens with zero attached hydrogens (tertiary/aromatic N) is 3. The van der Waals surface area contributed by atoms with Crippen LogP contribution in [0.2, 0.25) is 0 Å². The van der Waals surface area contributed by atoms with Gasteiger partial charge in [-0.2, -0.15) is 0 Å². The van der Waals surface area contributed by atoms with Crippen LogP contribution in [-0.4, -0.2) is 72.8 Å². The number of aryl methyl sites for hydroxylation is 2. The fourth-order valence-corrected chi connectivity index (χ4v) is 3.22. The van der Waals surface area contributed by atoms with E-state index in [1.165, 1.54) is 0 Å². The molecule has 26 heavy (non-hydrogen) atoms. The van der Waals surface area contributed by atoms with Crippen LogP contribution in [0.5, 0.6) is 0 Å². The van der Waals surface area contributed by atoms with Gasteiger partial charge in [0.2, 0.25) is 0 Å². The summed E-state index contributed by atoms with van der Waals surface area (Å²) in [6.45, 7) is 6.47. The van der Waals surface area contributed by atoms with E-state index in [9.17, 15) is 4.79 Å². The van der Waals surface area contributed by atoms with Gasteiger partial charge < -0.3 is 19.7 Å². The molecule has 0 radical (unpaired) electrons. The summed E-state index contributed by atoms with van der Waals surface area (Å²) < 4.78 is 13.4. The summed E-state index contributed by atoms with van der Waals surface area (Å²) in [5.74, 6) is -0.141. The molecule has 1 fully saturated rings. The minimum Gasteiger partial charge on any atom is -0.379 e. The summed E-state index contributed by atoms with van der Waals surface area (Å²) >= 11 is 0. The van der Waals surface area contributed by atoms with Crippen molar-refractivity contribution >= 4 is 11.6 Å². The van der Waals surface area contributed by atoms with Crippen LogP contribution in [0.1, 0.15) is 28.2 Å². The van der Waals surface area contributed by atoms with Gasteiger partial charge in [-0.05, 0) is 46.0 Å². The summed E-state index contributed by atoms with van der Waals surface area (Å²) in [6, 6.07) is 3.76. The van der Waals surface area contributed by atoms with Crippen LogP contribution in [0.3, 0.4) is 0 Å². The van der Waals surface area contributed by atoms with Gasteiger partial charge in [-0.15, -0.1) is 0 Å². The number of amides is 1. The first-order chi connectivity index (χ1) is 12.5. The highest BCUT2D eigenvalue weighted by Crippen LogP contribution is 2.16. The lowest BCUT2D eigenvalue weighted by Gasteiger charge is -2.32. The normalized spacial score (nSPS) is 20.7. The highest BCUT2D eigenvalue weighted by atomic mass is 16.5. The molecule has 2 aromatic heterocycles. The third-order valence-corrected chi connectivity index (χ3v) is 4.64. The first-order valence-corrected chi connectivity index (χ1v) is 9.06. The van der Waals surface area contributed by atoms with Crippen molar-refractivity contribution in [1.82, 2.24) is 19.6 Å². The minimum absolute atomic E-state index is 0.0334. The van der Waals surface area contributed by atoms with Crippen LogP contribution >= 0.6 is 0 Å². The number of carbonyl (C=O) groups is 1. The number of rotatable bonds is 6. The second-order valence-electron chi connectivity index (χ2n) is 7.14. The molecule has 0 bridgehead atoms. The molecule has 1 aliphatic rings. The molecule has 7 nitrogen and oxygen atoms in total. The zero-order valence-electron chi connectivity index (χ0n) is 16.0. The number of hydrogen-bond donors (Lipinski definition) is 1. The summed E-state index contributed by atoms with van der Waals surface area (Å²) in [5, 5.41) is 3.10. The van der Waals surface area contributed by atoms with Gasteiger partial charge >= 0.3 is 0 Å². The predicted octanol–water partition coefficient (Wildman–Crippen LogP) is 1.42. The Bertz CT molecular complexity index is 771. The molecule has 0 aromatic carbocycles. The van der Waals surface area contributed by atoms with E-state index >= 15 is 0 Å². The third-order valence-electron chi connectivity index (χ3n) is 4.64. The van der Waals surface area contributed by atoms with Gasteiger partial charge in [0.15, 0.2) is 0 Å². The van der Waals surface area contributed by atoms with Crippen molar-refractivity contribution in [1.29, 1.82) is 0 Å².